The summed E-state index contributed by atoms with van der Waals surface area (Å²) in [6, 6.07) is 11.2. The van der Waals surface area contributed by atoms with E-state index in [9.17, 15) is 13.2 Å². The van der Waals surface area contributed by atoms with E-state index in [-0.39, 0.29) is 33.2 Å². The van der Waals surface area contributed by atoms with Gasteiger partial charge < -0.3 is 10.1 Å². The highest BCUT2D eigenvalue weighted by molar-refractivity contribution is 7.92. The maximum Gasteiger partial charge on any atom is 0.261 e. The molecule has 1 heterocycles. The molecule has 0 saturated carbocycles. The van der Waals surface area contributed by atoms with Crippen LogP contribution < -0.4 is 10.0 Å². The normalized spacial score (nSPS) is 19.8. The number of hydrogen-bond acceptors (Lipinski definition) is 5. The molecule has 2 unspecified atom stereocenters. The van der Waals surface area contributed by atoms with Gasteiger partial charge in [-0.25, -0.2) is 8.42 Å². The molecule has 0 bridgehead atoms. The van der Waals surface area contributed by atoms with Gasteiger partial charge in [0.2, 0.25) is 0 Å². The van der Waals surface area contributed by atoms with Gasteiger partial charge >= 0.3 is 0 Å². The van der Waals surface area contributed by atoms with Crippen molar-refractivity contribution < 1.29 is 17.9 Å². The number of hydrogen-bond donors (Lipinski definition) is 2. The Labute approximate surface area is 201 Å². The van der Waals surface area contributed by atoms with Gasteiger partial charge in [0.25, 0.3) is 15.9 Å². The topological polar surface area (TPSA) is 87.7 Å². The first-order chi connectivity index (χ1) is 15.4. The van der Waals surface area contributed by atoms with Gasteiger partial charge in [-0.05, 0) is 70.5 Å². The molecule has 9 heteroatoms. The summed E-state index contributed by atoms with van der Waals surface area (Å²) >= 11 is 6.26. The van der Waals surface area contributed by atoms with Gasteiger partial charge in [0.1, 0.15) is 0 Å². The largest absolute Gasteiger partial charge is 0.373 e. The lowest BCUT2D eigenvalue weighted by molar-refractivity contribution is -0.0948. The molecule has 1 aliphatic rings. The van der Waals surface area contributed by atoms with Gasteiger partial charge in [-0.3, -0.25) is 14.4 Å². The fourth-order valence-corrected chi connectivity index (χ4v) is 5.22. The lowest BCUT2D eigenvalue weighted by atomic mass is 10.00. The van der Waals surface area contributed by atoms with Crippen molar-refractivity contribution in [2.75, 3.05) is 24.4 Å². The van der Waals surface area contributed by atoms with Gasteiger partial charge in [0, 0.05) is 30.9 Å². The zero-order chi connectivity index (χ0) is 24.4. The summed E-state index contributed by atoms with van der Waals surface area (Å²) in [5, 5.41) is 3.11. The maximum absolute atomic E-state index is 13.0. The molecule has 0 aliphatic carbocycles. The molecular weight excluding hydrogens is 462 g/mol. The number of nitrogens with one attached hydrogen (secondary N) is 2. The number of amides is 1. The van der Waals surface area contributed by atoms with Crippen molar-refractivity contribution in [3.63, 3.8) is 0 Å². The first-order valence-electron chi connectivity index (χ1n) is 10.9. The van der Waals surface area contributed by atoms with Crippen LogP contribution >= 0.6 is 11.6 Å². The molecule has 0 spiro atoms. The van der Waals surface area contributed by atoms with Gasteiger partial charge in [0.15, 0.2) is 0 Å². The Morgan fingerprint density at radius 3 is 2.45 bits per heavy atom. The number of sulfonamides is 1. The molecule has 1 aliphatic heterocycles. The average Bonchev–Trinajstić information content (AvgIpc) is 2.71. The molecule has 2 aromatic rings. The third-order valence-corrected chi connectivity index (χ3v) is 7.43. The van der Waals surface area contributed by atoms with Crippen LogP contribution in [0.25, 0.3) is 0 Å². The minimum atomic E-state index is -3.89. The van der Waals surface area contributed by atoms with E-state index in [1.807, 2.05) is 26.8 Å². The first kappa shape index (κ1) is 25.5. The van der Waals surface area contributed by atoms with Crippen LogP contribution in [0, 0.1) is 6.92 Å². The highest BCUT2D eigenvalue weighted by atomic mass is 35.5. The molecule has 1 fully saturated rings. The Morgan fingerprint density at radius 2 is 1.82 bits per heavy atom. The SMILES string of the molecule is Cc1cccc(NS(=O)(=O)c2ccc(Cl)c(C(=O)NCC(C)(C)N3CC(C)OC(C)C3)c2)c1. The molecular formula is C24H32ClN3O4S. The Bertz CT molecular complexity index is 1110. The zero-order valence-electron chi connectivity index (χ0n) is 19.7. The Kier molecular flexibility index (Phi) is 7.73. The van der Waals surface area contributed by atoms with Crippen LogP contribution in [-0.2, 0) is 14.8 Å². The number of aryl methyl sites for hydroxylation is 1. The first-order valence-corrected chi connectivity index (χ1v) is 12.8. The number of carbonyl (C=O) groups is 1. The van der Waals surface area contributed by atoms with Crippen LogP contribution in [-0.4, -0.2) is 56.6 Å². The molecule has 1 saturated heterocycles. The number of morpholine rings is 1. The summed E-state index contributed by atoms with van der Waals surface area (Å²) in [6.07, 6.45) is 0.224. The summed E-state index contributed by atoms with van der Waals surface area (Å²) in [7, 11) is -3.89. The van der Waals surface area contributed by atoms with Gasteiger partial charge in [-0.15, -0.1) is 0 Å². The van der Waals surface area contributed by atoms with Crippen LogP contribution in [0.5, 0.6) is 0 Å². The van der Waals surface area contributed by atoms with E-state index in [1.54, 1.807) is 18.2 Å². The number of carbonyl (C=O) groups excluding carboxylic acids is 1. The molecule has 0 radical (unpaired) electrons. The summed E-state index contributed by atoms with van der Waals surface area (Å²) in [5.74, 6) is -0.421. The summed E-state index contributed by atoms with van der Waals surface area (Å²) in [5.41, 5.74) is 1.18. The van der Waals surface area contributed by atoms with E-state index in [2.05, 4.69) is 28.8 Å². The van der Waals surface area contributed by atoms with Gasteiger partial charge in [0.05, 0.1) is 27.7 Å². The Balaban J connectivity index is 1.74. The molecule has 2 atom stereocenters. The van der Waals surface area contributed by atoms with E-state index < -0.39 is 15.9 Å². The van der Waals surface area contributed by atoms with Crippen molar-refractivity contribution in [2.24, 2.45) is 0 Å². The van der Waals surface area contributed by atoms with Gasteiger partial charge in [-0.2, -0.15) is 0 Å². The minimum Gasteiger partial charge on any atom is -0.373 e. The number of ether oxygens (including phenoxy) is 1. The van der Waals surface area contributed by atoms with Crippen molar-refractivity contribution in [2.45, 2.75) is 57.3 Å². The minimum absolute atomic E-state index is 0.0337. The average molecular weight is 494 g/mol. The number of halogens is 1. The number of anilines is 1. The van der Waals surface area contributed by atoms with E-state index in [4.69, 9.17) is 16.3 Å². The number of benzene rings is 2. The van der Waals surface area contributed by atoms with Crippen LogP contribution in [0.15, 0.2) is 47.4 Å². The van der Waals surface area contributed by atoms with Crippen LogP contribution in [0.1, 0.15) is 43.6 Å². The molecule has 0 aromatic heterocycles. The zero-order valence-corrected chi connectivity index (χ0v) is 21.3. The molecule has 180 valence electrons. The second-order valence-corrected chi connectivity index (χ2v) is 11.4. The van der Waals surface area contributed by atoms with Crippen molar-refractivity contribution in [1.82, 2.24) is 10.2 Å². The summed E-state index contributed by atoms with van der Waals surface area (Å²) < 4.78 is 34.1. The fourth-order valence-electron chi connectivity index (χ4n) is 3.94. The third kappa shape index (κ3) is 6.47. The quantitative estimate of drug-likeness (QED) is 0.607. The van der Waals surface area contributed by atoms with E-state index in [0.29, 0.717) is 12.2 Å². The van der Waals surface area contributed by atoms with Crippen LogP contribution in [0.4, 0.5) is 5.69 Å². The molecule has 2 aromatic carbocycles. The predicted molar refractivity (Wildman–Crippen MR) is 131 cm³/mol. The predicted octanol–water partition coefficient (Wildman–Crippen LogP) is 4.07. The number of rotatable bonds is 7. The van der Waals surface area contributed by atoms with Crippen molar-refractivity contribution in [1.29, 1.82) is 0 Å². The highest BCUT2D eigenvalue weighted by Crippen LogP contribution is 2.24. The third-order valence-electron chi connectivity index (χ3n) is 5.72. The van der Waals surface area contributed by atoms with Gasteiger partial charge in [-0.1, -0.05) is 23.7 Å². The van der Waals surface area contributed by atoms with Crippen molar-refractivity contribution in [3.05, 3.63) is 58.6 Å². The smallest absolute Gasteiger partial charge is 0.261 e. The van der Waals surface area contributed by atoms with E-state index >= 15 is 0 Å². The highest BCUT2D eigenvalue weighted by Gasteiger charge is 2.33. The Morgan fingerprint density at radius 1 is 1.15 bits per heavy atom. The molecule has 7 nitrogen and oxygen atoms in total. The molecule has 33 heavy (non-hydrogen) atoms. The second-order valence-electron chi connectivity index (χ2n) is 9.27. The van der Waals surface area contributed by atoms with E-state index in [1.165, 1.54) is 18.2 Å². The Hall–Kier alpha value is -2.13. The molecule has 3 rings (SSSR count). The summed E-state index contributed by atoms with van der Waals surface area (Å²) in [6.45, 7) is 12.0. The second kappa shape index (κ2) is 10.0. The standard InChI is InChI=1S/C24H32ClN3O4S/c1-16-7-6-8-19(11-16)27-33(30,31)20-9-10-22(25)21(12-20)23(29)26-15-24(4,5)28-13-17(2)32-18(3)14-28/h6-12,17-18,27H,13-15H2,1-5H3,(H,26,29). The van der Waals surface area contributed by atoms with Crippen LogP contribution in [0.2, 0.25) is 5.02 Å². The van der Waals surface area contributed by atoms with Crippen molar-refractivity contribution in [3.8, 4) is 0 Å². The lowest BCUT2D eigenvalue weighted by Crippen LogP contribution is -2.58. The summed E-state index contributed by atoms with van der Waals surface area (Å²) in [4.78, 5) is 15.2. The monoisotopic (exact) mass is 493 g/mol. The van der Waals surface area contributed by atoms with Crippen LogP contribution in [0.3, 0.4) is 0 Å². The fraction of sp³-hybridized carbons (Fsp3) is 0.458. The van der Waals surface area contributed by atoms with E-state index in [0.717, 1.165) is 18.7 Å². The molecule has 1 amide bonds. The molecule has 2 N–H and O–H groups in total. The number of nitrogens with zero attached hydrogens (tertiary/aromatic N) is 1. The maximum atomic E-state index is 13.0. The van der Waals surface area contributed by atoms with Crippen molar-refractivity contribution >= 4 is 33.2 Å². The lowest BCUT2D eigenvalue weighted by Gasteiger charge is -2.45.